The van der Waals surface area contributed by atoms with E-state index in [1.807, 2.05) is 23.0 Å². The Morgan fingerprint density at radius 3 is 2.71 bits per heavy atom. The molecule has 0 aliphatic carbocycles. The van der Waals surface area contributed by atoms with Gasteiger partial charge in [0, 0.05) is 30.4 Å². The molecule has 2 N–H and O–H groups in total. The summed E-state index contributed by atoms with van der Waals surface area (Å²) in [5.74, 6) is 0.726. The third kappa shape index (κ3) is 3.61. The number of hydrogen-bond acceptors (Lipinski definition) is 4. The van der Waals surface area contributed by atoms with Crippen LogP contribution in [0.25, 0.3) is 0 Å². The lowest BCUT2D eigenvalue weighted by Crippen LogP contribution is -2.15. The maximum absolute atomic E-state index is 6.30. The highest BCUT2D eigenvalue weighted by atomic mass is 16.5. The molecular formula is C16H24N4O. The zero-order valence-corrected chi connectivity index (χ0v) is 13.0. The summed E-state index contributed by atoms with van der Waals surface area (Å²) in [6.07, 6.45) is 8.33. The van der Waals surface area contributed by atoms with Crippen molar-refractivity contribution in [3.63, 3.8) is 0 Å². The average molecular weight is 288 g/mol. The quantitative estimate of drug-likeness (QED) is 0.850. The van der Waals surface area contributed by atoms with E-state index in [4.69, 9.17) is 10.5 Å². The molecule has 5 nitrogen and oxygen atoms in total. The second kappa shape index (κ2) is 7.22. The van der Waals surface area contributed by atoms with E-state index in [1.54, 1.807) is 19.5 Å². The Morgan fingerprint density at radius 1 is 1.29 bits per heavy atom. The van der Waals surface area contributed by atoms with E-state index in [0.29, 0.717) is 12.5 Å². The standard InChI is InChI=1S/C16H24N4O/c1-4-13(5-2)20-9-7-12(19-20)10-15(17)14-6-8-18-11-16(14)21-3/h6-9,11,13,15H,4-5,10,17H2,1-3H3. The first-order valence-electron chi connectivity index (χ1n) is 7.47. The van der Waals surface area contributed by atoms with Crippen LogP contribution in [0.1, 0.15) is 50.0 Å². The summed E-state index contributed by atoms with van der Waals surface area (Å²) in [7, 11) is 1.63. The highest BCUT2D eigenvalue weighted by Crippen LogP contribution is 2.24. The molecule has 0 spiro atoms. The van der Waals surface area contributed by atoms with Crippen LogP contribution in [0.2, 0.25) is 0 Å². The first-order chi connectivity index (χ1) is 10.2. The van der Waals surface area contributed by atoms with E-state index in [1.165, 1.54) is 0 Å². The summed E-state index contributed by atoms with van der Waals surface area (Å²) >= 11 is 0. The molecule has 0 saturated carbocycles. The first-order valence-corrected chi connectivity index (χ1v) is 7.47. The number of aromatic nitrogens is 3. The van der Waals surface area contributed by atoms with Crippen LogP contribution in [0.15, 0.2) is 30.7 Å². The predicted molar refractivity (Wildman–Crippen MR) is 83.3 cm³/mol. The Morgan fingerprint density at radius 2 is 2.05 bits per heavy atom. The maximum Gasteiger partial charge on any atom is 0.141 e. The molecule has 114 valence electrons. The molecule has 0 fully saturated rings. The van der Waals surface area contributed by atoms with Gasteiger partial charge in [0.05, 0.1) is 25.0 Å². The van der Waals surface area contributed by atoms with Crippen LogP contribution in [-0.2, 0) is 6.42 Å². The Labute approximate surface area is 126 Å². The minimum atomic E-state index is -0.145. The minimum absolute atomic E-state index is 0.145. The fourth-order valence-corrected chi connectivity index (χ4v) is 2.56. The van der Waals surface area contributed by atoms with E-state index < -0.39 is 0 Å². The molecule has 1 atom stereocenters. The van der Waals surface area contributed by atoms with Crippen molar-refractivity contribution in [1.29, 1.82) is 0 Å². The lowest BCUT2D eigenvalue weighted by atomic mass is 10.0. The fraction of sp³-hybridized carbons (Fsp3) is 0.500. The molecule has 5 heteroatoms. The molecule has 1 unspecified atom stereocenters. The zero-order chi connectivity index (χ0) is 15.2. The van der Waals surface area contributed by atoms with Gasteiger partial charge < -0.3 is 10.5 Å². The number of rotatable bonds is 7. The average Bonchev–Trinajstić information content (AvgIpc) is 2.96. The van der Waals surface area contributed by atoms with Gasteiger partial charge in [-0.05, 0) is 25.0 Å². The van der Waals surface area contributed by atoms with Crippen molar-refractivity contribution in [2.24, 2.45) is 5.73 Å². The topological polar surface area (TPSA) is 66.0 Å². The fourth-order valence-electron chi connectivity index (χ4n) is 2.56. The molecule has 2 aromatic rings. The third-order valence-corrected chi connectivity index (χ3v) is 3.85. The van der Waals surface area contributed by atoms with Gasteiger partial charge in [0.2, 0.25) is 0 Å². The van der Waals surface area contributed by atoms with E-state index >= 15 is 0 Å². The molecule has 0 radical (unpaired) electrons. The molecule has 0 saturated heterocycles. The zero-order valence-electron chi connectivity index (χ0n) is 13.0. The van der Waals surface area contributed by atoms with Crippen molar-refractivity contribution in [2.75, 3.05) is 7.11 Å². The Kier molecular flexibility index (Phi) is 5.33. The van der Waals surface area contributed by atoms with Gasteiger partial charge in [0.15, 0.2) is 0 Å². The summed E-state index contributed by atoms with van der Waals surface area (Å²) in [6.45, 7) is 4.37. The molecule has 0 bridgehead atoms. The van der Waals surface area contributed by atoms with Crippen LogP contribution in [-0.4, -0.2) is 21.9 Å². The smallest absolute Gasteiger partial charge is 0.141 e. The lowest BCUT2D eigenvalue weighted by molar-refractivity contribution is 0.402. The van der Waals surface area contributed by atoms with E-state index in [2.05, 4.69) is 23.9 Å². The summed E-state index contributed by atoms with van der Waals surface area (Å²) in [5.41, 5.74) is 8.27. The Balaban J connectivity index is 2.11. The number of nitrogens with zero attached hydrogens (tertiary/aromatic N) is 3. The van der Waals surface area contributed by atoms with Gasteiger partial charge in [-0.15, -0.1) is 0 Å². The normalized spacial score (nSPS) is 12.6. The van der Waals surface area contributed by atoms with Crippen LogP contribution in [0.5, 0.6) is 5.75 Å². The number of ether oxygens (including phenoxy) is 1. The second-order valence-corrected chi connectivity index (χ2v) is 5.19. The van der Waals surface area contributed by atoms with Crippen LogP contribution in [0.3, 0.4) is 0 Å². The van der Waals surface area contributed by atoms with Crippen LogP contribution < -0.4 is 10.5 Å². The highest BCUT2D eigenvalue weighted by Gasteiger charge is 2.15. The van der Waals surface area contributed by atoms with Crippen LogP contribution in [0.4, 0.5) is 0 Å². The number of methoxy groups -OCH3 is 1. The predicted octanol–water partition coefficient (Wildman–Crippen LogP) is 2.89. The number of hydrogen-bond donors (Lipinski definition) is 1. The third-order valence-electron chi connectivity index (χ3n) is 3.85. The molecule has 2 aromatic heterocycles. The van der Waals surface area contributed by atoms with Gasteiger partial charge in [-0.1, -0.05) is 13.8 Å². The van der Waals surface area contributed by atoms with Crippen molar-refractivity contribution in [3.05, 3.63) is 42.0 Å². The highest BCUT2D eigenvalue weighted by molar-refractivity contribution is 5.33. The van der Waals surface area contributed by atoms with Crippen molar-refractivity contribution in [3.8, 4) is 5.75 Å². The van der Waals surface area contributed by atoms with Crippen molar-refractivity contribution < 1.29 is 4.74 Å². The van der Waals surface area contributed by atoms with Crippen LogP contribution in [0, 0.1) is 0 Å². The molecule has 0 amide bonds. The lowest BCUT2D eigenvalue weighted by Gasteiger charge is -2.15. The van der Waals surface area contributed by atoms with E-state index in [0.717, 1.165) is 29.8 Å². The van der Waals surface area contributed by atoms with Crippen molar-refractivity contribution >= 4 is 0 Å². The maximum atomic E-state index is 6.30. The molecule has 2 rings (SSSR count). The van der Waals surface area contributed by atoms with Gasteiger partial charge >= 0.3 is 0 Å². The largest absolute Gasteiger partial charge is 0.495 e. The molecular weight excluding hydrogens is 264 g/mol. The SMILES string of the molecule is CCC(CC)n1ccc(CC(N)c2ccncc2OC)n1. The van der Waals surface area contributed by atoms with Gasteiger partial charge in [-0.2, -0.15) is 5.10 Å². The molecule has 0 aliphatic rings. The van der Waals surface area contributed by atoms with Gasteiger partial charge in [0.1, 0.15) is 5.75 Å². The summed E-state index contributed by atoms with van der Waals surface area (Å²) in [5, 5.41) is 4.65. The number of nitrogens with two attached hydrogens (primary N) is 1. The Hall–Kier alpha value is -1.88. The Bertz CT molecular complexity index is 563. The second-order valence-electron chi connectivity index (χ2n) is 5.19. The van der Waals surface area contributed by atoms with Crippen molar-refractivity contribution in [1.82, 2.24) is 14.8 Å². The molecule has 0 aromatic carbocycles. The monoisotopic (exact) mass is 288 g/mol. The summed E-state index contributed by atoms with van der Waals surface area (Å²) in [6, 6.07) is 4.27. The molecule has 2 heterocycles. The van der Waals surface area contributed by atoms with Crippen molar-refractivity contribution in [2.45, 2.75) is 45.2 Å². The summed E-state index contributed by atoms with van der Waals surface area (Å²) < 4.78 is 7.36. The molecule has 21 heavy (non-hydrogen) atoms. The first kappa shape index (κ1) is 15.5. The minimum Gasteiger partial charge on any atom is -0.495 e. The van der Waals surface area contributed by atoms with Crippen LogP contribution >= 0.6 is 0 Å². The number of pyridine rings is 1. The van der Waals surface area contributed by atoms with E-state index in [-0.39, 0.29) is 6.04 Å². The van der Waals surface area contributed by atoms with Gasteiger partial charge in [0.25, 0.3) is 0 Å². The van der Waals surface area contributed by atoms with E-state index in [9.17, 15) is 0 Å². The van der Waals surface area contributed by atoms with Gasteiger partial charge in [-0.3, -0.25) is 9.67 Å². The van der Waals surface area contributed by atoms with Gasteiger partial charge in [-0.25, -0.2) is 0 Å². The molecule has 0 aliphatic heterocycles. The summed E-state index contributed by atoms with van der Waals surface area (Å²) in [4.78, 5) is 4.05.